The fourth-order valence-electron chi connectivity index (χ4n) is 1.72. The molecule has 0 unspecified atom stereocenters. The van der Waals surface area contributed by atoms with Crippen molar-refractivity contribution in [3.63, 3.8) is 0 Å². The zero-order valence-corrected chi connectivity index (χ0v) is 11.0. The maximum atomic E-state index is 12.2. The molecule has 0 aliphatic heterocycles. The zero-order chi connectivity index (χ0) is 14.0. The molecule has 2 aromatic rings. The first-order valence-electron chi connectivity index (χ1n) is 5.64. The van der Waals surface area contributed by atoms with Crippen LogP contribution in [0.3, 0.4) is 0 Å². The van der Waals surface area contributed by atoms with Crippen LogP contribution in [0.1, 0.15) is 16.1 Å². The average Bonchev–Trinajstić information content (AvgIpc) is 2.65. The summed E-state index contributed by atoms with van der Waals surface area (Å²) in [5, 5.41) is 6.84. The SMILES string of the molecule is COc1ncccc1C(=O)Nc1c(N)c(C)nn1C. The van der Waals surface area contributed by atoms with Crippen LogP contribution < -0.4 is 15.8 Å². The number of anilines is 2. The first-order chi connectivity index (χ1) is 9.04. The van der Waals surface area contributed by atoms with Crippen LogP contribution in [-0.2, 0) is 7.05 Å². The fraction of sp³-hybridized carbons (Fsp3) is 0.250. The lowest BCUT2D eigenvalue weighted by atomic mass is 10.2. The smallest absolute Gasteiger partial charge is 0.262 e. The van der Waals surface area contributed by atoms with Crippen LogP contribution >= 0.6 is 0 Å². The van der Waals surface area contributed by atoms with Gasteiger partial charge in [0, 0.05) is 13.2 Å². The van der Waals surface area contributed by atoms with Crippen LogP contribution in [0.15, 0.2) is 18.3 Å². The van der Waals surface area contributed by atoms with Gasteiger partial charge in [-0.15, -0.1) is 0 Å². The molecule has 19 heavy (non-hydrogen) atoms. The van der Waals surface area contributed by atoms with Crippen molar-refractivity contribution in [1.29, 1.82) is 0 Å². The molecule has 0 aliphatic rings. The van der Waals surface area contributed by atoms with Crippen molar-refractivity contribution in [2.45, 2.75) is 6.92 Å². The number of hydrogen-bond donors (Lipinski definition) is 2. The number of ether oxygens (including phenoxy) is 1. The molecule has 0 saturated carbocycles. The second-order valence-corrected chi connectivity index (χ2v) is 3.99. The summed E-state index contributed by atoms with van der Waals surface area (Å²) in [4.78, 5) is 16.2. The number of carbonyl (C=O) groups excluding carboxylic acids is 1. The highest BCUT2D eigenvalue weighted by atomic mass is 16.5. The molecule has 2 rings (SSSR count). The highest BCUT2D eigenvalue weighted by molar-refractivity contribution is 6.06. The number of aryl methyl sites for hydroxylation is 2. The van der Waals surface area contributed by atoms with E-state index in [0.717, 1.165) is 0 Å². The third-order valence-corrected chi connectivity index (χ3v) is 2.71. The van der Waals surface area contributed by atoms with Gasteiger partial charge >= 0.3 is 0 Å². The molecule has 0 aromatic carbocycles. The van der Waals surface area contributed by atoms with Gasteiger partial charge in [0.05, 0.1) is 18.5 Å². The third-order valence-electron chi connectivity index (χ3n) is 2.71. The van der Waals surface area contributed by atoms with E-state index in [2.05, 4.69) is 15.4 Å². The Bertz CT molecular complexity index is 621. The Kier molecular flexibility index (Phi) is 3.37. The molecule has 100 valence electrons. The molecule has 7 heteroatoms. The summed E-state index contributed by atoms with van der Waals surface area (Å²) in [6.07, 6.45) is 1.55. The topological polar surface area (TPSA) is 95.1 Å². The van der Waals surface area contributed by atoms with Gasteiger partial charge < -0.3 is 15.8 Å². The van der Waals surface area contributed by atoms with Crippen molar-refractivity contribution in [1.82, 2.24) is 14.8 Å². The number of nitrogens with one attached hydrogen (secondary N) is 1. The van der Waals surface area contributed by atoms with Gasteiger partial charge in [0.15, 0.2) is 5.82 Å². The predicted octanol–water partition coefficient (Wildman–Crippen LogP) is 0.967. The Hall–Kier alpha value is -2.57. The molecule has 0 fully saturated rings. The number of aromatic nitrogens is 3. The number of nitrogen functional groups attached to an aromatic ring is 1. The number of amides is 1. The Balaban J connectivity index is 2.31. The predicted molar refractivity (Wildman–Crippen MR) is 71.1 cm³/mol. The molecule has 0 saturated heterocycles. The first-order valence-corrected chi connectivity index (χ1v) is 5.64. The van der Waals surface area contributed by atoms with E-state index in [0.29, 0.717) is 22.8 Å². The molecule has 0 radical (unpaired) electrons. The van der Waals surface area contributed by atoms with Gasteiger partial charge in [-0.2, -0.15) is 5.10 Å². The standard InChI is InChI=1S/C12H15N5O2/c1-7-9(13)10(17(2)16-7)15-11(18)8-5-4-6-14-12(8)19-3/h4-6H,13H2,1-3H3,(H,15,18). The highest BCUT2D eigenvalue weighted by Crippen LogP contribution is 2.23. The quantitative estimate of drug-likeness (QED) is 0.858. The van der Waals surface area contributed by atoms with E-state index in [1.807, 2.05) is 0 Å². The summed E-state index contributed by atoms with van der Waals surface area (Å²) in [6.45, 7) is 1.77. The van der Waals surface area contributed by atoms with Gasteiger partial charge in [-0.1, -0.05) is 0 Å². The monoisotopic (exact) mass is 261 g/mol. The van der Waals surface area contributed by atoms with Crippen LogP contribution in [-0.4, -0.2) is 27.8 Å². The second kappa shape index (κ2) is 4.97. The van der Waals surface area contributed by atoms with Crippen molar-refractivity contribution in [3.05, 3.63) is 29.6 Å². The van der Waals surface area contributed by atoms with Crippen LogP contribution in [0.25, 0.3) is 0 Å². The third kappa shape index (κ3) is 2.35. The second-order valence-electron chi connectivity index (χ2n) is 3.99. The highest BCUT2D eigenvalue weighted by Gasteiger charge is 2.17. The largest absolute Gasteiger partial charge is 0.480 e. The molecular formula is C12H15N5O2. The molecule has 7 nitrogen and oxygen atoms in total. The summed E-state index contributed by atoms with van der Waals surface area (Å²) in [6, 6.07) is 3.29. The summed E-state index contributed by atoms with van der Waals surface area (Å²) in [7, 11) is 3.17. The van der Waals surface area contributed by atoms with Gasteiger partial charge in [-0.3, -0.25) is 9.48 Å². The molecule has 0 atom stereocenters. The molecule has 0 aliphatic carbocycles. The maximum absolute atomic E-state index is 12.2. The summed E-state index contributed by atoms with van der Waals surface area (Å²) in [5.41, 5.74) is 7.30. The van der Waals surface area contributed by atoms with Crippen molar-refractivity contribution < 1.29 is 9.53 Å². The number of nitrogens with zero attached hydrogens (tertiary/aromatic N) is 3. The number of rotatable bonds is 3. The van der Waals surface area contributed by atoms with Gasteiger partial charge in [-0.25, -0.2) is 4.98 Å². The van der Waals surface area contributed by atoms with Crippen molar-refractivity contribution >= 4 is 17.4 Å². The minimum atomic E-state index is -0.348. The number of hydrogen-bond acceptors (Lipinski definition) is 5. The number of nitrogens with two attached hydrogens (primary N) is 1. The van der Waals surface area contributed by atoms with Crippen LogP contribution in [0.2, 0.25) is 0 Å². The Labute approximate surface area is 110 Å². The van der Waals surface area contributed by atoms with Crippen LogP contribution in [0, 0.1) is 6.92 Å². The zero-order valence-electron chi connectivity index (χ0n) is 11.0. The van der Waals surface area contributed by atoms with Gasteiger partial charge in [-0.05, 0) is 19.1 Å². The minimum absolute atomic E-state index is 0.262. The number of carbonyl (C=O) groups is 1. The average molecular weight is 261 g/mol. The van der Waals surface area contributed by atoms with Crippen molar-refractivity contribution in [3.8, 4) is 5.88 Å². The van der Waals surface area contributed by atoms with Crippen molar-refractivity contribution in [2.75, 3.05) is 18.2 Å². The van der Waals surface area contributed by atoms with Gasteiger partial charge in [0.25, 0.3) is 5.91 Å². The van der Waals surface area contributed by atoms with Gasteiger partial charge in [0.2, 0.25) is 5.88 Å². The fourth-order valence-corrected chi connectivity index (χ4v) is 1.72. The van der Waals surface area contributed by atoms with E-state index < -0.39 is 0 Å². The Morgan fingerprint density at radius 3 is 2.84 bits per heavy atom. The molecule has 2 heterocycles. The molecular weight excluding hydrogens is 246 g/mol. The lowest BCUT2D eigenvalue weighted by molar-refractivity contribution is 0.102. The maximum Gasteiger partial charge on any atom is 0.262 e. The van der Waals surface area contributed by atoms with E-state index in [1.165, 1.54) is 11.8 Å². The Morgan fingerprint density at radius 1 is 1.53 bits per heavy atom. The van der Waals surface area contributed by atoms with Gasteiger partial charge in [0.1, 0.15) is 5.56 Å². The molecule has 0 spiro atoms. The molecule has 2 aromatic heterocycles. The molecule has 0 bridgehead atoms. The summed E-state index contributed by atoms with van der Waals surface area (Å²) < 4.78 is 6.56. The summed E-state index contributed by atoms with van der Waals surface area (Å²) >= 11 is 0. The summed E-state index contributed by atoms with van der Waals surface area (Å²) in [5.74, 6) is 0.366. The van der Waals surface area contributed by atoms with Crippen molar-refractivity contribution in [2.24, 2.45) is 7.05 Å². The first kappa shape index (κ1) is 12.9. The lowest BCUT2D eigenvalue weighted by Crippen LogP contribution is -2.16. The number of pyridine rings is 1. The number of methoxy groups -OCH3 is 1. The normalized spacial score (nSPS) is 10.3. The van der Waals surface area contributed by atoms with E-state index in [9.17, 15) is 4.79 Å². The van der Waals surface area contributed by atoms with E-state index >= 15 is 0 Å². The lowest BCUT2D eigenvalue weighted by Gasteiger charge is -2.08. The van der Waals surface area contributed by atoms with E-state index in [-0.39, 0.29) is 11.8 Å². The Morgan fingerprint density at radius 2 is 2.26 bits per heavy atom. The molecule has 3 N–H and O–H groups in total. The molecule has 1 amide bonds. The minimum Gasteiger partial charge on any atom is -0.480 e. The van der Waals surface area contributed by atoms with Crippen LogP contribution in [0.5, 0.6) is 5.88 Å². The van der Waals surface area contributed by atoms with E-state index in [4.69, 9.17) is 10.5 Å². The van der Waals surface area contributed by atoms with Crippen LogP contribution in [0.4, 0.5) is 11.5 Å². The van der Waals surface area contributed by atoms with E-state index in [1.54, 1.807) is 32.3 Å².